The Labute approximate surface area is 648 Å². The summed E-state index contributed by atoms with van der Waals surface area (Å²) in [5, 5.41) is 20.7. The van der Waals surface area contributed by atoms with E-state index in [0.717, 1.165) is 167 Å². The lowest BCUT2D eigenvalue weighted by atomic mass is 10.1. The first kappa shape index (κ1) is 101. The molecule has 18 heteroatoms. The molecule has 5 atom stereocenters. The number of phosphoric ester groups is 2. The first-order valence-corrected chi connectivity index (χ1v) is 43.7. The lowest BCUT2D eigenvalue weighted by molar-refractivity contribution is -0.161. The molecule has 0 rings (SSSR count). The number of allylic oxidation sites excluding steroid dienone is 32. The van der Waals surface area contributed by atoms with Gasteiger partial charge in [0.1, 0.15) is 25.4 Å². The molecule has 4 N–H and O–H groups in total. The molecule has 16 nitrogen and oxygen atoms in total. The molecular formula is C89H144O16P2. The minimum Gasteiger partial charge on any atom is -0.463 e. The number of aliphatic hydroxyl groups excluding tert-OH is 2. The smallest absolute Gasteiger partial charge is 0.463 e. The van der Waals surface area contributed by atoms with Crippen LogP contribution in [-0.2, 0) is 55.8 Å². The fraction of sp³-hybridized carbons (Fsp3) is 0.607. The Hall–Kier alpha value is -5.61. The molecule has 0 amide bonds. The fourth-order valence-corrected chi connectivity index (χ4v) is 11.8. The molecule has 0 heterocycles. The lowest BCUT2D eigenvalue weighted by Crippen LogP contribution is -2.30. The predicted molar refractivity (Wildman–Crippen MR) is 444 cm³/mol. The minimum absolute atomic E-state index is 0.0179. The number of hydrogen-bond acceptors (Lipinski definition) is 14. The first-order valence-electron chi connectivity index (χ1n) is 40.7. The van der Waals surface area contributed by atoms with Crippen molar-refractivity contribution in [3.05, 3.63) is 194 Å². The summed E-state index contributed by atoms with van der Waals surface area (Å²) in [5.74, 6) is -1.67. The summed E-state index contributed by atoms with van der Waals surface area (Å²) >= 11 is 0. The number of ether oxygens (including phenoxy) is 3. The molecule has 606 valence electrons. The number of esters is 3. The zero-order chi connectivity index (χ0) is 78.0. The van der Waals surface area contributed by atoms with Crippen molar-refractivity contribution in [1.29, 1.82) is 0 Å². The molecule has 0 aliphatic rings. The van der Waals surface area contributed by atoms with E-state index in [0.29, 0.717) is 25.7 Å². The van der Waals surface area contributed by atoms with Crippen LogP contribution in [0.1, 0.15) is 290 Å². The van der Waals surface area contributed by atoms with E-state index in [4.69, 9.17) is 32.3 Å². The van der Waals surface area contributed by atoms with E-state index >= 15 is 0 Å². The maximum absolute atomic E-state index is 13.0. The zero-order valence-electron chi connectivity index (χ0n) is 66.2. The van der Waals surface area contributed by atoms with Gasteiger partial charge in [0.2, 0.25) is 0 Å². The average molecular weight is 1530 g/mol. The van der Waals surface area contributed by atoms with E-state index in [1.807, 2.05) is 12.2 Å². The molecule has 0 aromatic heterocycles. The van der Waals surface area contributed by atoms with E-state index in [2.05, 4.69) is 203 Å². The molecule has 0 bridgehead atoms. The number of unbranched alkanes of at least 4 members (excludes halogenated alkanes) is 20. The number of carbonyl (C=O) groups is 3. The SMILES string of the molecule is CC/C=C\C/C=C\C/C=C\C/C=C\C/C=C\C/C=C\CCCCCCCCCCCCC(=O)OCC(O)COP(=O)(O)OCC(O)COP(=O)(O)OCC(COC(=O)CCCCCCCCCCC/C=C\C/C=C\C/C=C\C/C=C\C/C=C\CC)OC(=O)CCC/C=C\C/C=C\C/C=C\C/C=C\C/C=C\CC. The zero-order valence-corrected chi connectivity index (χ0v) is 68.0. The van der Waals surface area contributed by atoms with Crippen LogP contribution in [0.2, 0.25) is 0 Å². The Morgan fingerprint density at radius 1 is 0.262 bits per heavy atom. The van der Waals surface area contributed by atoms with Gasteiger partial charge in [-0.2, -0.15) is 0 Å². The van der Waals surface area contributed by atoms with Crippen molar-refractivity contribution in [2.24, 2.45) is 0 Å². The van der Waals surface area contributed by atoms with Crippen molar-refractivity contribution in [3.63, 3.8) is 0 Å². The van der Waals surface area contributed by atoms with Gasteiger partial charge in [-0.05, 0) is 154 Å². The highest BCUT2D eigenvalue weighted by Gasteiger charge is 2.29. The Morgan fingerprint density at radius 3 is 0.766 bits per heavy atom. The van der Waals surface area contributed by atoms with Crippen LogP contribution in [0, 0.1) is 0 Å². The second kappa shape index (κ2) is 79.9. The van der Waals surface area contributed by atoms with Gasteiger partial charge in [-0.15, -0.1) is 0 Å². The summed E-state index contributed by atoms with van der Waals surface area (Å²) < 4.78 is 61.2. The minimum atomic E-state index is -4.96. The van der Waals surface area contributed by atoms with Crippen LogP contribution in [0.4, 0.5) is 0 Å². The number of aliphatic hydroxyl groups is 2. The van der Waals surface area contributed by atoms with E-state index in [1.165, 1.54) is 57.8 Å². The molecule has 0 saturated carbocycles. The second-order valence-corrected chi connectivity index (χ2v) is 29.3. The van der Waals surface area contributed by atoms with Gasteiger partial charge in [-0.1, -0.05) is 312 Å². The average Bonchev–Trinajstić information content (AvgIpc) is 0.908. The van der Waals surface area contributed by atoms with Gasteiger partial charge in [0.05, 0.1) is 26.4 Å². The Morgan fingerprint density at radius 2 is 0.477 bits per heavy atom. The van der Waals surface area contributed by atoms with Crippen molar-refractivity contribution in [3.8, 4) is 0 Å². The third-order valence-corrected chi connectivity index (χ3v) is 18.2. The van der Waals surface area contributed by atoms with Gasteiger partial charge >= 0.3 is 33.6 Å². The third-order valence-electron chi connectivity index (χ3n) is 16.3. The lowest BCUT2D eigenvalue weighted by Gasteiger charge is -2.21. The molecule has 0 aliphatic carbocycles. The summed E-state index contributed by atoms with van der Waals surface area (Å²) in [5.41, 5.74) is 0. The molecule has 107 heavy (non-hydrogen) atoms. The van der Waals surface area contributed by atoms with Crippen molar-refractivity contribution in [2.45, 2.75) is 309 Å². The molecule has 0 aromatic rings. The van der Waals surface area contributed by atoms with E-state index in [1.54, 1.807) is 0 Å². The van der Waals surface area contributed by atoms with Gasteiger partial charge in [0.25, 0.3) is 0 Å². The van der Waals surface area contributed by atoms with Gasteiger partial charge in [-0.25, -0.2) is 9.13 Å². The fourth-order valence-electron chi connectivity index (χ4n) is 10.2. The van der Waals surface area contributed by atoms with Crippen LogP contribution in [0.3, 0.4) is 0 Å². The summed E-state index contributed by atoms with van der Waals surface area (Å²) in [6, 6.07) is 0. The van der Waals surface area contributed by atoms with Gasteiger partial charge in [0, 0.05) is 19.3 Å². The van der Waals surface area contributed by atoms with Gasteiger partial charge in [-0.3, -0.25) is 32.5 Å². The van der Waals surface area contributed by atoms with Crippen LogP contribution in [0.5, 0.6) is 0 Å². The normalized spacial score (nSPS) is 14.9. The molecule has 0 aliphatic heterocycles. The monoisotopic (exact) mass is 1530 g/mol. The Bertz CT molecular complexity index is 2720. The molecular weight excluding hydrogens is 1390 g/mol. The maximum Gasteiger partial charge on any atom is 0.472 e. The number of phosphoric acid groups is 2. The highest BCUT2D eigenvalue weighted by molar-refractivity contribution is 7.47. The highest BCUT2D eigenvalue weighted by Crippen LogP contribution is 2.45. The largest absolute Gasteiger partial charge is 0.472 e. The first-order chi connectivity index (χ1) is 52.2. The molecule has 0 radical (unpaired) electrons. The summed E-state index contributed by atoms with van der Waals surface area (Å²) in [4.78, 5) is 58.7. The van der Waals surface area contributed by atoms with Crippen LogP contribution in [0.25, 0.3) is 0 Å². The number of carbonyl (C=O) groups excluding carboxylic acids is 3. The topological polar surface area (TPSA) is 231 Å². The summed E-state index contributed by atoms with van der Waals surface area (Å²) in [7, 11) is -9.83. The van der Waals surface area contributed by atoms with Crippen molar-refractivity contribution in [1.82, 2.24) is 0 Å². The molecule has 0 spiro atoms. The number of hydrogen-bond donors (Lipinski definition) is 4. The van der Waals surface area contributed by atoms with Crippen molar-refractivity contribution in [2.75, 3.05) is 39.6 Å². The summed E-state index contributed by atoms with van der Waals surface area (Å²) in [6.45, 7) is 2.25. The van der Waals surface area contributed by atoms with E-state index in [-0.39, 0.29) is 19.3 Å². The van der Waals surface area contributed by atoms with Crippen LogP contribution in [-0.4, -0.2) is 95.9 Å². The van der Waals surface area contributed by atoms with Crippen molar-refractivity contribution >= 4 is 33.6 Å². The second-order valence-electron chi connectivity index (χ2n) is 26.4. The van der Waals surface area contributed by atoms with Crippen molar-refractivity contribution < 1.29 is 75.8 Å². The third kappa shape index (κ3) is 81.2. The molecule has 0 fully saturated rings. The van der Waals surface area contributed by atoms with Gasteiger partial charge in [0.15, 0.2) is 6.10 Å². The van der Waals surface area contributed by atoms with Crippen LogP contribution < -0.4 is 0 Å². The quantitative estimate of drug-likeness (QED) is 0.0146. The maximum atomic E-state index is 13.0. The number of rotatable bonds is 75. The summed E-state index contributed by atoms with van der Waals surface area (Å²) in [6.07, 6.45) is 105. The van der Waals surface area contributed by atoms with Crippen LogP contribution >= 0.6 is 15.6 Å². The van der Waals surface area contributed by atoms with E-state index in [9.17, 15) is 43.5 Å². The highest BCUT2D eigenvalue weighted by atomic mass is 31.2. The Kier molecular flexibility index (Phi) is 75.7. The van der Waals surface area contributed by atoms with Crippen LogP contribution in [0.15, 0.2) is 194 Å². The standard InChI is InChI=1S/C89H144O16P2/c1-4-7-10-13-16-19-22-25-28-31-33-35-37-39-40-41-42-44-46-47-49-52-54-57-60-63-66-69-72-75-87(92)99-78-84(90)79-101-106(95,96)102-80-85(91)81-103-107(97,98)104-83-86(105-89(94)77-74-71-68-65-62-59-56-51-30-27-24-21-18-15-12-9-6-3)82-100-88(93)76-73-70-67-64-61-58-55-53-50-48-45-43-38-36-34-32-29-26-23-20-17-14-11-8-5-2/h7-12,16-21,25-30,33-36,39-40,42-45,56,59,65,68,84-86,90-91H,4-6,13-15,22-24,31-32,37-38,41,46-55,57-58,60-64,66-67,69-83H2,1-3H3,(H,95,96)(H,97,98)/b10-7-,11-8-,12-9-,19-16-,20-17-,21-18-,28-25-,29-26-,30-27-,35-33-,36-34-,40-39-,44-42-,45-43-,59-56-,68-65-. The Balaban J connectivity index is 4.64. The van der Waals surface area contributed by atoms with E-state index < -0.39 is 91.5 Å². The molecule has 5 unspecified atom stereocenters. The molecule has 0 aromatic carbocycles. The van der Waals surface area contributed by atoms with Gasteiger partial charge < -0.3 is 34.2 Å². The molecule has 0 saturated heterocycles. The predicted octanol–water partition coefficient (Wildman–Crippen LogP) is 24.3.